The lowest BCUT2D eigenvalue weighted by Crippen LogP contribution is -2.21. The first kappa shape index (κ1) is 16.6. The van der Waals surface area contributed by atoms with E-state index in [1.807, 2.05) is 0 Å². The minimum Gasteiger partial charge on any atom is -0.485 e. The molecule has 0 aromatic heterocycles. The first-order valence-corrected chi connectivity index (χ1v) is 5.86. The van der Waals surface area contributed by atoms with Gasteiger partial charge in [-0.05, 0) is 12.1 Å². The third kappa shape index (κ3) is 7.04. The normalized spacial score (nSPS) is 12.0. The van der Waals surface area contributed by atoms with E-state index in [9.17, 15) is 18.0 Å². The maximum absolute atomic E-state index is 12.0. The summed E-state index contributed by atoms with van der Waals surface area (Å²) < 4.78 is 41.1. The summed E-state index contributed by atoms with van der Waals surface area (Å²) in [5.41, 5.74) is 5.51. The molecule has 0 heterocycles. The molecule has 1 aromatic carbocycles. The number of nitrogens with zero attached hydrogens (tertiary/aromatic N) is 1. The molecule has 0 bridgehead atoms. The average molecular weight is 305 g/mol. The Morgan fingerprint density at radius 2 is 2.14 bits per heavy atom. The fourth-order valence-electron chi connectivity index (χ4n) is 1.33. The smallest absolute Gasteiger partial charge is 0.389 e. The summed E-state index contributed by atoms with van der Waals surface area (Å²) in [4.78, 5) is 11.4. The van der Waals surface area contributed by atoms with Gasteiger partial charge < -0.3 is 21.0 Å². The number of halogens is 3. The Balaban J connectivity index is 2.54. The molecular weight excluding hydrogens is 291 g/mol. The molecule has 0 aliphatic rings. The summed E-state index contributed by atoms with van der Waals surface area (Å²) in [6.45, 7) is -0.165. The summed E-state index contributed by atoms with van der Waals surface area (Å²) in [6, 6.07) is 6.01. The van der Waals surface area contributed by atoms with Crippen molar-refractivity contribution in [2.24, 2.45) is 10.9 Å². The van der Waals surface area contributed by atoms with Crippen LogP contribution in [0.15, 0.2) is 29.4 Å². The van der Waals surface area contributed by atoms with Crippen LogP contribution in [0.25, 0.3) is 0 Å². The van der Waals surface area contributed by atoms with Crippen molar-refractivity contribution in [2.45, 2.75) is 19.0 Å². The molecule has 0 spiro atoms. The maximum atomic E-state index is 12.0. The second-order valence-electron chi connectivity index (χ2n) is 4.07. The van der Waals surface area contributed by atoms with E-state index in [0.717, 1.165) is 0 Å². The number of rotatable bonds is 6. The molecule has 116 valence electrons. The van der Waals surface area contributed by atoms with Crippen molar-refractivity contribution in [3.8, 4) is 5.75 Å². The zero-order chi connectivity index (χ0) is 15.9. The van der Waals surface area contributed by atoms with Gasteiger partial charge in [-0.15, -0.1) is 0 Å². The molecule has 0 unspecified atom stereocenters. The van der Waals surface area contributed by atoms with Gasteiger partial charge >= 0.3 is 6.18 Å². The number of amidine groups is 1. The van der Waals surface area contributed by atoms with Gasteiger partial charge in [0.05, 0.1) is 6.42 Å². The summed E-state index contributed by atoms with van der Waals surface area (Å²) in [5, 5.41) is 13.4. The fraction of sp³-hybridized carbons (Fsp3) is 0.333. The summed E-state index contributed by atoms with van der Waals surface area (Å²) in [7, 11) is 0. The summed E-state index contributed by atoms with van der Waals surface area (Å²) in [6.07, 6.45) is -6.21. The molecule has 0 radical (unpaired) electrons. The van der Waals surface area contributed by atoms with Crippen LogP contribution in [0, 0.1) is 0 Å². The van der Waals surface area contributed by atoms with Gasteiger partial charge in [-0.2, -0.15) is 13.2 Å². The minimum atomic E-state index is -4.37. The summed E-state index contributed by atoms with van der Waals surface area (Å²) in [5.74, 6) is -0.578. The lowest BCUT2D eigenvalue weighted by molar-refractivity contribution is -0.142. The van der Waals surface area contributed by atoms with Crippen molar-refractivity contribution in [3.63, 3.8) is 0 Å². The van der Waals surface area contributed by atoms with Crippen LogP contribution in [-0.2, 0) is 4.79 Å². The standard InChI is InChI=1S/C12H14F3N3O3/c13-12(14,15)5-4-11(19)17-8-2-1-3-9(6-8)21-7-10(16)18-20/h1-3,6,20H,4-5,7H2,(H2,16,18)(H,17,19). The molecule has 1 aromatic rings. The van der Waals surface area contributed by atoms with Crippen LogP contribution in [0.1, 0.15) is 12.8 Å². The van der Waals surface area contributed by atoms with Crippen LogP contribution in [0.2, 0.25) is 0 Å². The number of nitrogens with one attached hydrogen (secondary N) is 1. The minimum absolute atomic E-state index is 0.144. The van der Waals surface area contributed by atoms with Crippen LogP contribution >= 0.6 is 0 Å². The van der Waals surface area contributed by atoms with Gasteiger partial charge in [0.2, 0.25) is 5.91 Å². The number of anilines is 1. The van der Waals surface area contributed by atoms with Crippen molar-refractivity contribution in [2.75, 3.05) is 11.9 Å². The van der Waals surface area contributed by atoms with Gasteiger partial charge in [0.15, 0.2) is 5.84 Å². The first-order valence-electron chi connectivity index (χ1n) is 5.86. The number of amides is 1. The van der Waals surface area contributed by atoms with Crippen LogP contribution in [0.5, 0.6) is 5.75 Å². The van der Waals surface area contributed by atoms with Crippen molar-refractivity contribution < 1.29 is 27.9 Å². The fourth-order valence-corrected chi connectivity index (χ4v) is 1.33. The molecule has 21 heavy (non-hydrogen) atoms. The lowest BCUT2D eigenvalue weighted by atomic mass is 10.2. The second-order valence-corrected chi connectivity index (χ2v) is 4.07. The topological polar surface area (TPSA) is 96.9 Å². The number of carbonyl (C=O) groups is 1. The van der Waals surface area contributed by atoms with E-state index in [0.29, 0.717) is 11.4 Å². The average Bonchev–Trinajstić information content (AvgIpc) is 2.42. The molecule has 0 aliphatic carbocycles. The highest BCUT2D eigenvalue weighted by Crippen LogP contribution is 2.22. The first-order chi connectivity index (χ1) is 9.80. The van der Waals surface area contributed by atoms with E-state index < -0.39 is 24.9 Å². The number of alkyl halides is 3. The second kappa shape index (κ2) is 7.36. The Morgan fingerprint density at radius 1 is 1.43 bits per heavy atom. The van der Waals surface area contributed by atoms with Gasteiger partial charge in [-0.3, -0.25) is 4.79 Å². The predicted octanol–water partition coefficient (Wildman–Crippen LogP) is 2.09. The van der Waals surface area contributed by atoms with Crippen molar-refractivity contribution in [1.29, 1.82) is 0 Å². The van der Waals surface area contributed by atoms with Gasteiger partial charge in [0, 0.05) is 18.2 Å². The van der Waals surface area contributed by atoms with E-state index >= 15 is 0 Å². The number of carbonyl (C=O) groups excluding carboxylic acids is 1. The van der Waals surface area contributed by atoms with Crippen LogP contribution < -0.4 is 15.8 Å². The van der Waals surface area contributed by atoms with Crippen molar-refractivity contribution in [3.05, 3.63) is 24.3 Å². The van der Waals surface area contributed by atoms with E-state index in [1.165, 1.54) is 12.1 Å². The Labute approximate surface area is 118 Å². The highest BCUT2D eigenvalue weighted by Gasteiger charge is 2.27. The molecule has 4 N–H and O–H groups in total. The van der Waals surface area contributed by atoms with Gasteiger partial charge in [-0.1, -0.05) is 11.2 Å². The van der Waals surface area contributed by atoms with Crippen LogP contribution in [0.4, 0.5) is 18.9 Å². The summed E-state index contributed by atoms with van der Waals surface area (Å²) >= 11 is 0. The SMILES string of the molecule is NC(COc1cccc(NC(=O)CCC(F)(F)F)c1)=NO. The van der Waals surface area contributed by atoms with Gasteiger partial charge in [-0.25, -0.2) is 0 Å². The Morgan fingerprint density at radius 3 is 2.76 bits per heavy atom. The molecule has 1 rings (SSSR count). The van der Waals surface area contributed by atoms with E-state index in [1.54, 1.807) is 12.1 Å². The lowest BCUT2D eigenvalue weighted by Gasteiger charge is -2.09. The highest BCUT2D eigenvalue weighted by molar-refractivity contribution is 5.90. The van der Waals surface area contributed by atoms with Crippen molar-refractivity contribution in [1.82, 2.24) is 0 Å². The van der Waals surface area contributed by atoms with E-state index in [2.05, 4.69) is 10.5 Å². The molecule has 0 aliphatic heterocycles. The third-order valence-electron chi connectivity index (χ3n) is 2.27. The molecule has 0 atom stereocenters. The molecule has 9 heteroatoms. The van der Waals surface area contributed by atoms with Gasteiger partial charge in [0.25, 0.3) is 0 Å². The molecule has 0 saturated carbocycles. The van der Waals surface area contributed by atoms with Crippen LogP contribution in [0.3, 0.4) is 0 Å². The van der Waals surface area contributed by atoms with Gasteiger partial charge in [0.1, 0.15) is 12.4 Å². The van der Waals surface area contributed by atoms with E-state index in [4.69, 9.17) is 15.7 Å². The third-order valence-corrected chi connectivity index (χ3v) is 2.27. The number of hydrogen-bond acceptors (Lipinski definition) is 4. The Kier molecular flexibility index (Phi) is 5.82. The predicted molar refractivity (Wildman–Crippen MR) is 69.3 cm³/mol. The quantitative estimate of drug-likeness (QED) is 0.324. The largest absolute Gasteiger partial charge is 0.485 e. The van der Waals surface area contributed by atoms with Crippen molar-refractivity contribution >= 4 is 17.4 Å². The van der Waals surface area contributed by atoms with E-state index in [-0.39, 0.29) is 12.4 Å². The number of hydrogen-bond donors (Lipinski definition) is 3. The molecule has 6 nitrogen and oxygen atoms in total. The molecule has 0 fully saturated rings. The zero-order valence-electron chi connectivity index (χ0n) is 10.9. The maximum Gasteiger partial charge on any atom is 0.389 e. The molecule has 0 saturated heterocycles. The van der Waals surface area contributed by atoms with Crippen LogP contribution in [-0.4, -0.2) is 29.7 Å². The zero-order valence-corrected chi connectivity index (χ0v) is 10.9. The number of nitrogens with two attached hydrogens (primary N) is 1. The Hall–Kier alpha value is -2.45. The Bertz CT molecular complexity index is 518. The molecule has 1 amide bonds. The number of ether oxygens (including phenoxy) is 1. The number of benzene rings is 1. The molecular formula is C12H14F3N3O3. The number of oxime groups is 1. The monoisotopic (exact) mass is 305 g/mol. The highest BCUT2D eigenvalue weighted by atomic mass is 19.4.